The van der Waals surface area contributed by atoms with Crippen molar-refractivity contribution in [1.29, 1.82) is 0 Å². The predicted octanol–water partition coefficient (Wildman–Crippen LogP) is 5.43. The van der Waals surface area contributed by atoms with Crippen LogP contribution in [-0.2, 0) is 11.2 Å². The van der Waals surface area contributed by atoms with Crippen LogP contribution in [0.3, 0.4) is 0 Å². The molecule has 0 radical (unpaired) electrons. The molecule has 0 aliphatic carbocycles. The van der Waals surface area contributed by atoms with Gasteiger partial charge in [0.05, 0.1) is 6.42 Å². The van der Waals surface area contributed by atoms with Crippen LogP contribution in [0.1, 0.15) is 11.1 Å². The van der Waals surface area contributed by atoms with E-state index < -0.39 is 5.97 Å². The zero-order valence-corrected chi connectivity index (χ0v) is 13.2. The molecule has 0 amide bonds. The first-order valence-corrected chi connectivity index (χ1v) is 7.62. The molecular weight excluding hydrogens is 308 g/mol. The van der Waals surface area contributed by atoms with E-state index in [2.05, 4.69) is 6.58 Å². The Labute approximate surface area is 139 Å². The Morgan fingerprint density at radius 3 is 2.48 bits per heavy atom. The Kier molecular flexibility index (Phi) is 4.18. The molecular formula is C20H15ClO2. The van der Waals surface area contributed by atoms with E-state index in [0.29, 0.717) is 5.02 Å². The number of benzene rings is 3. The van der Waals surface area contributed by atoms with Gasteiger partial charge in [-0.3, -0.25) is 4.79 Å². The molecule has 0 aliphatic heterocycles. The van der Waals surface area contributed by atoms with E-state index in [1.54, 1.807) is 6.08 Å². The molecule has 3 aromatic carbocycles. The molecule has 0 saturated heterocycles. The van der Waals surface area contributed by atoms with Gasteiger partial charge in [0.25, 0.3) is 0 Å². The van der Waals surface area contributed by atoms with E-state index in [1.807, 2.05) is 54.6 Å². The van der Waals surface area contributed by atoms with Crippen LogP contribution in [0.25, 0.3) is 28.0 Å². The minimum Gasteiger partial charge on any atom is -0.481 e. The van der Waals surface area contributed by atoms with E-state index in [-0.39, 0.29) is 6.42 Å². The van der Waals surface area contributed by atoms with E-state index in [0.717, 1.165) is 33.0 Å². The van der Waals surface area contributed by atoms with Crippen molar-refractivity contribution in [2.24, 2.45) is 0 Å². The number of halogens is 1. The van der Waals surface area contributed by atoms with Gasteiger partial charge < -0.3 is 5.11 Å². The lowest BCUT2D eigenvalue weighted by Gasteiger charge is -2.16. The third-order valence-electron chi connectivity index (χ3n) is 3.87. The van der Waals surface area contributed by atoms with Gasteiger partial charge >= 0.3 is 5.97 Å². The van der Waals surface area contributed by atoms with E-state index in [9.17, 15) is 9.90 Å². The quantitative estimate of drug-likeness (QED) is 0.695. The van der Waals surface area contributed by atoms with Gasteiger partial charge in [0.1, 0.15) is 0 Å². The first-order chi connectivity index (χ1) is 11.1. The minimum atomic E-state index is -0.862. The summed E-state index contributed by atoms with van der Waals surface area (Å²) in [5.74, 6) is -0.862. The molecule has 0 aliphatic rings. The zero-order valence-electron chi connectivity index (χ0n) is 12.4. The molecule has 3 heteroatoms. The molecule has 2 nitrogen and oxygen atoms in total. The topological polar surface area (TPSA) is 37.3 Å². The molecule has 114 valence electrons. The van der Waals surface area contributed by atoms with E-state index >= 15 is 0 Å². The van der Waals surface area contributed by atoms with Crippen molar-refractivity contribution < 1.29 is 9.90 Å². The van der Waals surface area contributed by atoms with Crippen molar-refractivity contribution in [3.63, 3.8) is 0 Å². The molecule has 0 atom stereocenters. The van der Waals surface area contributed by atoms with E-state index in [1.165, 1.54) is 0 Å². The van der Waals surface area contributed by atoms with Gasteiger partial charge in [0.15, 0.2) is 0 Å². The van der Waals surface area contributed by atoms with Crippen molar-refractivity contribution in [2.45, 2.75) is 6.42 Å². The summed E-state index contributed by atoms with van der Waals surface area (Å²) in [6, 6.07) is 17.4. The van der Waals surface area contributed by atoms with Crippen LogP contribution in [0.4, 0.5) is 0 Å². The number of rotatable bonds is 4. The third-order valence-corrected chi connectivity index (χ3v) is 4.12. The summed E-state index contributed by atoms with van der Waals surface area (Å²) < 4.78 is 0. The Morgan fingerprint density at radius 2 is 1.83 bits per heavy atom. The Bertz CT molecular complexity index is 895. The number of hydrogen-bond acceptors (Lipinski definition) is 1. The molecule has 0 heterocycles. The van der Waals surface area contributed by atoms with Crippen molar-refractivity contribution >= 4 is 34.4 Å². The van der Waals surface area contributed by atoms with Crippen LogP contribution in [-0.4, -0.2) is 11.1 Å². The van der Waals surface area contributed by atoms with E-state index in [4.69, 9.17) is 11.6 Å². The Balaban J connectivity index is 2.40. The van der Waals surface area contributed by atoms with Crippen LogP contribution in [0, 0.1) is 0 Å². The van der Waals surface area contributed by atoms with Crippen molar-refractivity contribution in [3.8, 4) is 11.1 Å². The maximum absolute atomic E-state index is 11.4. The molecule has 1 N–H and O–H groups in total. The molecule has 0 saturated carbocycles. The molecule has 0 aromatic heterocycles. The van der Waals surface area contributed by atoms with Gasteiger partial charge in [0, 0.05) is 5.02 Å². The van der Waals surface area contributed by atoms with Crippen molar-refractivity contribution in [2.75, 3.05) is 0 Å². The summed E-state index contributed by atoms with van der Waals surface area (Å²) in [6.07, 6.45) is 1.66. The second-order valence-corrected chi connectivity index (χ2v) is 5.76. The van der Waals surface area contributed by atoms with Gasteiger partial charge in [-0.25, -0.2) is 0 Å². The SMILES string of the molecule is C=Cc1cc2ccccc2c(-c2ccc(Cl)cc2)c1CC(=O)O. The smallest absolute Gasteiger partial charge is 0.307 e. The fraction of sp³-hybridized carbons (Fsp3) is 0.0500. The number of carboxylic acids is 1. The van der Waals surface area contributed by atoms with Crippen molar-refractivity contribution in [1.82, 2.24) is 0 Å². The number of fused-ring (bicyclic) bond motifs is 1. The number of hydrogen-bond donors (Lipinski definition) is 1. The summed E-state index contributed by atoms with van der Waals surface area (Å²) in [5, 5.41) is 12.1. The van der Waals surface area contributed by atoms with Crippen LogP contribution in [0.2, 0.25) is 5.02 Å². The van der Waals surface area contributed by atoms with Gasteiger partial charge in [-0.15, -0.1) is 0 Å². The fourth-order valence-corrected chi connectivity index (χ4v) is 3.01. The summed E-state index contributed by atoms with van der Waals surface area (Å²) in [6.45, 7) is 3.84. The largest absolute Gasteiger partial charge is 0.481 e. The van der Waals surface area contributed by atoms with Crippen LogP contribution in [0.15, 0.2) is 61.2 Å². The average molecular weight is 323 g/mol. The summed E-state index contributed by atoms with van der Waals surface area (Å²) in [4.78, 5) is 11.4. The summed E-state index contributed by atoms with van der Waals surface area (Å²) in [5.41, 5.74) is 3.49. The van der Waals surface area contributed by atoms with Crippen molar-refractivity contribution in [3.05, 3.63) is 77.3 Å². The summed E-state index contributed by atoms with van der Waals surface area (Å²) in [7, 11) is 0. The van der Waals surface area contributed by atoms with Gasteiger partial charge in [-0.1, -0.05) is 60.7 Å². The standard InChI is InChI=1S/C20H15ClO2/c1-2-13-11-15-5-3-4-6-17(15)20(18(13)12-19(22)23)14-7-9-16(21)10-8-14/h2-11H,1,12H2,(H,22,23). The number of carbonyl (C=O) groups is 1. The zero-order chi connectivity index (χ0) is 16.4. The lowest BCUT2D eigenvalue weighted by Crippen LogP contribution is -2.05. The minimum absolute atomic E-state index is 0.0514. The predicted molar refractivity (Wildman–Crippen MR) is 95.8 cm³/mol. The molecule has 0 fully saturated rings. The lowest BCUT2D eigenvalue weighted by atomic mass is 9.88. The monoisotopic (exact) mass is 322 g/mol. The highest BCUT2D eigenvalue weighted by Crippen LogP contribution is 2.36. The second kappa shape index (κ2) is 6.27. The molecule has 3 aromatic rings. The number of carboxylic acid groups (broad SMARTS) is 1. The number of aliphatic carboxylic acids is 1. The maximum atomic E-state index is 11.4. The Hall–Kier alpha value is -2.58. The highest BCUT2D eigenvalue weighted by atomic mass is 35.5. The molecule has 0 spiro atoms. The fourth-order valence-electron chi connectivity index (χ4n) is 2.88. The molecule has 0 unspecified atom stereocenters. The van der Waals surface area contributed by atoms with Crippen LogP contribution >= 0.6 is 11.6 Å². The van der Waals surface area contributed by atoms with Gasteiger partial charge in [-0.2, -0.15) is 0 Å². The van der Waals surface area contributed by atoms with Gasteiger partial charge in [0.2, 0.25) is 0 Å². The molecule has 3 rings (SSSR count). The van der Waals surface area contributed by atoms with Crippen LogP contribution in [0.5, 0.6) is 0 Å². The maximum Gasteiger partial charge on any atom is 0.307 e. The Morgan fingerprint density at radius 1 is 1.13 bits per heavy atom. The third kappa shape index (κ3) is 2.99. The normalized spacial score (nSPS) is 10.7. The molecule has 23 heavy (non-hydrogen) atoms. The lowest BCUT2D eigenvalue weighted by molar-refractivity contribution is -0.136. The highest BCUT2D eigenvalue weighted by molar-refractivity contribution is 6.30. The second-order valence-electron chi connectivity index (χ2n) is 5.32. The summed E-state index contributed by atoms with van der Waals surface area (Å²) >= 11 is 5.99. The van der Waals surface area contributed by atoms with Crippen LogP contribution < -0.4 is 0 Å². The first-order valence-electron chi connectivity index (χ1n) is 7.25. The van der Waals surface area contributed by atoms with Gasteiger partial charge in [-0.05, 0) is 51.2 Å². The highest BCUT2D eigenvalue weighted by Gasteiger charge is 2.16. The molecule has 0 bridgehead atoms. The average Bonchev–Trinajstić information content (AvgIpc) is 2.55. The first kappa shape index (κ1) is 15.3.